The minimum atomic E-state index is -1.26. The number of hydroxylamine groups is 2. The highest BCUT2D eigenvalue weighted by Crippen LogP contribution is 2.39. The van der Waals surface area contributed by atoms with Gasteiger partial charge < -0.3 is 14.4 Å². The number of amides is 2. The second kappa shape index (κ2) is 9.56. The van der Waals surface area contributed by atoms with Crippen LogP contribution >= 0.6 is 0 Å². The maximum atomic E-state index is 12.9. The molecule has 0 radical (unpaired) electrons. The maximum absolute atomic E-state index is 12.9. The number of urea groups is 1. The van der Waals surface area contributed by atoms with E-state index in [9.17, 15) is 19.2 Å². The van der Waals surface area contributed by atoms with E-state index in [0.717, 1.165) is 24.3 Å². The van der Waals surface area contributed by atoms with Crippen LogP contribution in [0.1, 0.15) is 65.7 Å². The van der Waals surface area contributed by atoms with Gasteiger partial charge in [-0.2, -0.15) is 5.06 Å². The summed E-state index contributed by atoms with van der Waals surface area (Å²) in [5.74, 6) is -1.38. The van der Waals surface area contributed by atoms with Crippen LogP contribution in [0.5, 0.6) is 0 Å². The predicted molar refractivity (Wildman–Crippen MR) is 103 cm³/mol. The Morgan fingerprint density at radius 2 is 1.62 bits per heavy atom. The van der Waals surface area contributed by atoms with E-state index in [1.54, 1.807) is 25.7 Å². The molecule has 0 unspecified atom stereocenters. The molecule has 0 aromatic carbocycles. The van der Waals surface area contributed by atoms with Crippen LogP contribution in [0.2, 0.25) is 0 Å². The van der Waals surface area contributed by atoms with Gasteiger partial charge in [0.15, 0.2) is 11.4 Å². The number of Topliss-reactive ketones (excluding diaryl/α,β-unsaturated/α-hetero) is 1. The number of likely N-dealkylation sites (tertiary alicyclic amines) is 1. The Morgan fingerprint density at radius 1 is 1.00 bits per heavy atom. The summed E-state index contributed by atoms with van der Waals surface area (Å²) < 4.78 is 10.0. The van der Waals surface area contributed by atoms with E-state index >= 15 is 0 Å². The maximum Gasteiger partial charge on any atom is 0.344 e. The molecule has 1 aliphatic carbocycles. The van der Waals surface area contributed by atoms with Crippen LogP contribution in [0.25, 0.3) is 0 Å². The molecule has 2 amide bonds. The molecule has 164 valence electrons. The third-order valence-electron chi connectivity index (χ3n) is 4.96. The first-order valence-corrected chi connectivity index (χ1v) is 10.1. The second-order valence-electron chi connectivity index (χ2n) is 8.57. The van der Waals surface area contributed by atoms with Gasteiger partial charge in [0, 0.05) is 19.5 Å². The SMILES string of the molecule is COC(=O)CCC(=O)CN(OC1(C(=O)OC(C)(C)C)CCC1)C(=O)N1CCCC1. The third-order valence-corrected chi connectivity index (χ3v) is 4.96. The molecule has 2 rings (SSSR count). The molecule has 2 fully saturated rings. The predicted octanol–water partition coefficient (Wildman–Crippen LogP) is 2.22. The monoisotopic (exact) mass is 412 g/mol. The van der Waals surface area contributed by atoms with Crippen molar-refractivity contribution < 1.29 is 33.5 Å². The van der Waals surface area contributed by atoms with Crippen LogP contribution < -0.4 is 0 Å². The number of esters is 2. The average molecular weight is 412 g/mol. The second-order valence-corrected chi connectivity index (χ2v) is 8.57. The molecular weight excluding hydrogens is 380 g/mol. The van der Waals surface area contributed by atoms with Crippen molar-refractivity contribution in [1.29, 1.82) is 0 Å². The highest BCUT2D eigenvalue weighted by atomic mass is 16.7. The molecule has 29 heavy (non-hydrogen) atoms. The van der Waals surface area contributed by atoms with Gasteiger partial charge in [0.05, 0.1) is 13.5 Å². The molecule has 2 aliphatic rings. The third kappa shape index (κ3) is 6.42. The molecule has 9 heteroatoms. The number of carbonyl (C=O) groups excluding carboxylic acids is 4. The van der Waals surface area contributed by atoms with E-state index in [4.69, 9.17) is 9.57 Å². The number of nitrogens with zero attached hydrogens (tertiary/aromatic N) is 2. The molecule has 0 atom stereocenters. The summed E-state index contributed by atoms with van der Waals surface area (Å²) in [6, 6.07) is -0.441. The lowest BCUT2D eigenvalue weighted by Gasteiger charge is -2.43. The number of hydrogen-bond acceptors (Lipinski definition) is 7. The first-order valence-electron chi connectivity index (χ1n) is 10.1. The summed E-state index contributed by atoms with van der Waals surface area (Å²) in [6.07, 6.45) is 3.23. The summed E-state index contributed by atoms with van der Waals surface area (Å²) >= 11 is 0. The smallest absolute Gasteiger partial charge is 0.344 e. The zero-order chi connectivity index (χ0) is 21.7. The van der Waals surface area contributed by atoms with Crippen molar-refractivity contribution >= 4 is 23.8 Å². The van der Waals surface area contributed by atoms with E-state index in [1.807, 2.05) is 0 Å². The van der Waals surface area contributed by atoms with E-state index in [0.29, 0.717) is 25.9 Å². The van der Waals surface area contributed by atoms with Gasteiger partial charge in [-0.25, -0.2) is 9.59 Å². The van der Waals surface area contributed by atoms with Gasteiger partial charge in [0.2, 0.25) is 0 Å². The summed E-state index contributed by atoms with van der Waals surface area (Å²) in [7, 11) is 1.25. The van der Waals surface area contributed by atoms with Crippen molar-refractivity contribution in [2.45, 2.75) is 76.9 Å². The quantitative estimate of drug-likeness (QED) is 0.445. The Hall–Kier alpha value is -2.16. The van der Waals surface area contributed by atoms with Crippen LogP contribution in [-0.2, 0) is 28.7 Å². The number of hydrogen-bond donors (Lipinski definition) is 0. The van der Waals surface area contributed by atoms with E-state index in [2.05, 4.69) is 4.74 Å². The van der Waals surface area contributed by atoms with E-state index in [-0.39, 0.29) is 25.2 Å². The Balaban J connectivity index is 2.11. The molecule has 1 saturated carbocycles. The number of carbonyl (C=O) groups is 4. The van der Waals surface area contributed by atoms with Crippen molar-refractivity contribution in [2.75, 3.05) is 26.7 Å². The van der Waals surface area contributed by atoms with Crippen LogP contribution in [0.15, 0.2) is 0 Å². The molecule has 1 saturated heterocycles. The van der Waals surface area contributed by atoms with E-state index in [1.165, 1.54) is 7.11 Å². The van der Waals surface area contributed by atoms with Gasteiger partial charge >= 0.3 is 18.0 Å². The minimum Gasteiger partial charge on any atom is -0.469 e. The summed E-state index contributed by atoms with van der Waals surface area (Å²) in [5, 5.41) is 0.980. The number of methoxy groups -OCH3 is 1. The highest BCUT2D eigenvalue weighted by Gasteiger charge is 2.51. The minimum absolute atomic E-state index is 0.0702. The van der Waals surface area contributed by atoms with Gasteiger partial charge in [-0.05, 0) is 52.9 Å². The fourth-order valence-electron chi connectivity index (χ4n) is 3.20. The highest BCUT2D eigenvalue weighted by molar-refractivity contribution is 5.88. The van der Waals surface area contributed by atoms with E-state index < -0.39 is 29.2 Å². The first kappa shape index (κ1) is 23.1. The summed E-state index contributed by atoms with van der Waals surface area (Å²) in [4.78, 5) is 56.8. The zero-order valence-electron chi connectivity index (χ0n) is 17.8. The Kier molecular flexibility index (Phi) is 7.62. The molecule has 1 heterocycles. The van der Waals surface area contributed by atoms with Gasteiger partial charge in [-0.3, -0.25) is 14.4 Å². The lowest BCUT2D eigenvalue weighted by Crippen LogP contribution is -2.57. The van der Waals surface area contributed by atoms with Gasteiger partial charge in [0.25, 0.3) is 0 Å². The van der Waals surface area contributed by atoms with Crippen LogP contribution in [0, 0.1) is 0 Å². The molecule has 9 nitrogen and oxygen atoms in total. The lowest BCUT2D eigenvalue weighted by molar-refractivity contribution is -0.256. The van der Waals surface area contributed by atoms with Gasteiger partial charge in [-0.1, -0.05) is 0 Å². The molecule has 0 N–H and O–H groups in total. The standard InChI is InChI=1S/C20H32N2O7/c1-19(2,3)28-17(25)20(10-7-11-20)29-22(18(26)21-12-5-6-13-21)14-15(23)8-9-16(24)27-4/h5-14H2,1-4H3. The number of ether oxygens (including phenoxy) is 2. The fraction of sp³-hybridized carbons (Fsp3) is 0.800. The van der Waals surface area contributed by atoms with Gasteiger partial charge in [0.1, 0.15) is 12.1 Å². The molecule has 1 aliphatic heterocycles. The zero-order valence-corrected chi connectivity index (χ0v) is 17.8. The van der Waals surface area contributed by atoms with Crippen LogP contribution in [-0.4, -0.2) is 71.7 Å². The van der Waals surface area contributed by atoms with Crippen LogP contribution in [0.4, 0.5) is 4.79 Å². The Morgan fingerprint density at radius 3 is 2.10 bits per heavy atom. The summed E-state index contributed by atoms with van der Waals surface area (Å²) in [6.45, 7) is 6.11. The summed E-state index contributed by atoms with van der Waals surface area (Å²) in [5.41, 5.74) is -1.95. The lowest BCUT2D eigenvalue weighted by atomic mass is 9.80. The normalized spacial score (nSPS) is 18.0. The van der Waals surface area contributed by atoms with Crippen molar-refractivity contribution in [1.82, 2.24) is 9.96 Å². The fourth-order valence-corrected chi connectivity index (χ4v) is 3.20. The Labute approximate surface area is 171 Å². The molecule has 0 bridgehead atoms. The number of rotatable bonds is 8. The van der Waals surface area contributed by atoms with Crippen LogP contribution in [0.3, 0.4) is 0 Å². The van der Waals surface area contributed by atoms with Crippen molar-refractivity contribution in [3.05, 3.63) is 0 Å². The molecule has 0 aromatic rings. The largest absolute Gasteiger partial charge is 0.469 e. The van der Waals surface area contributed by atoms with Crippen molar-refractivity contribution in [2.24, 2.45) is 0 Å². The topological polar surface area (TPSA) is 102 Å². The first-order chi connectivity index (χ1) is 13.6. The molecular formula is C20H32N2O7. The van der Waals surface area contributed by atoms with Gasteiger partial charge in [-0.15, -0.1) is 0 Å². The van der Waals surface area contributed by atoms with Crippen molar-refractivity contribution in [3.63, 3.8) is 0 Å². The molecule has 0 aromatic heterocycles. The van der Waals surface area contributed by atoms with Crippen molar-refractivity contribution in [3.8, 4) is 0 Å². The Bertz CT molecular complexity index is 631. The average Bonchev–Trinajstić information content (AvgIpc) is 3.13. The molecule has 0 spiro atoms. The number of ketones is 1.